The van der Waals surface area contributed by atoms with E-state index in [1.807, 2.05) is 24.3 Å². The number of carbonyl (C=O) groups is 1. The van der Waals surface area contributed by atoms with E-state index < -0.39 is 11.9 Å². The summed E-state index contributed by atoms with van der Waals surface area (Å²) in [6, 6.07) is 10.7. The second-order valence-corrected chi connectivity index (χ2v) is 5.16. The molecule has 0 bridgehead atoms. The number of nitrogens with one attached hydrogen (secondary N) is 1. The van der Waals surface area contributed by atoms with Crippen LogP contribution in [0.25, 0.3) is 11.0 Å². The molecule has 3 rings (SSSR count). The fourth-order valence-electron chi connectivity index (χ4n) is 2.05. The van der Waals surface area contributed by atoms with Crippen LogP contribution in [-0.4, -0.2) is 37.3 Å². The van der Waals surface area contributed by atoms with E-state index in [0.29, 0.717) is 16.6 Å². The van der Waals surface area contributed by atoms with Crippen LogP contribution < -0.4 is 5.43 Å². The van der Waals surface area contributed by atoms with Gasteiger partial charge in [0.15, 0.2) is 0 Å². The van der Waals surface area contributed by atoms with E-state index in [1.165, 1.54) is 29.2 Å². The number of aromatic hydroxyl groups is 2. The highest BCUT2D eigenvalue weighted by Gasteiger charge is 2.17. The van der Waals surface area contributed by atoms with Crippen LogP contribution in [0.2, 0.25) is 0 Å². The lowest BCUT2D eigenvalue weighted by Gasteiger charge is -2.08. The van der Waals surface area contributed by atoms with Crippen molar-refractivity contribution in [2.45, 2.75) is 13.0 Å². The monoisotopic (exact) mass is 325 g/mol. The predicted molar refractivity (Wildman–Crippen MR) is 87.7 cm³/mol. The first-order chi connectivity index (χ1) is 11.5. The normalized spacial score (nSPS) is 12.5. The topological polar surface area (TPSA) is 113 Å². The van der Waals surface area contributed by atoms with Gasteiger partial charge in [0.25, 0.3) is 5.91 Å². The van der Waals surface area contributed by atoms with Gasteiger partial charge in [-0.25, -0.2) is 5.43 Å². The van der Waals surface area contributed by atoms with E-state index in [4.69, 9.17) is 0 Å². The van der Waals surface area contributed by atoms with E-state index in [9.17, 15) is 15.0 Å². The number of hydrogen-bond acceptors (Lipinski definition) is 6. The molecule has 8 heteroatoms. The minimum absolute atomic E-state index is 0.0564. The Labute approximate surface area is 137 Å². The zero-order chi connectivity index (χ0) is 17.1. The molecule has 0 fully saturated rings. The molecule has 1 unspecified atom stereocenters. The molecular formula is C16H15N5O3. The molecular weight excluding hydrogens is 310 g/mol. The number of fused-ring (bicyclic) bond motifs is 1. The zero-order valence-corrected chi connectivity index (χ0v) is 12.8. The molecule has 1 heterocycles. The van der Waals surface area contributed by atoms with Crippen LogP contribution in [0.5, 0.6) is 11.5 Å². The van der Waals surface area contributed by atoms with Gasteiger partial charge in [-0.3, -0.25) is 4.79 Å². The molecule has 0 aliphatic heterocycles. The standard InChI is InChI=1S/C16H15N5O3/c1-10(21-19-13-4-2-3-5-14(13)20-21)16(24)18-17-9-11-6-7-12(22)8-15(11)23/h2-10,22-23H,1H3,(H,18,24). The third-order valence-corrected chi connectivity index (χ3v) is 3.42. The van der Waals surface area contributed by atoms with E-state index >= 15 is 0 Å². The lowest BCUT2D eigenvalue weighted by atomic mass is 10.2. The van der Waals surface area contributed by atoms with E-state index in [0.717, 1.165) is 0 Å². The number of amides is 1. The molecule has 3 aromatic rings. The average Bonchev–Trinajstić information content (AvgIpc) is 3.00. The number of hydrogen-bond donors (Lipinski definition) is 3. The van der Waals surface area contributed by atoms with Gasteiger partial charge >= 0.3 is 0 Å². The maximum atomic E-state index is 12.1. The van der Waals surface area contributed by atoms with Crippen molar-refractivity contribution in [1.29, 1.82) is 0 Å². The molecule has 0 aliphatic carbocycles. The summed E-state index contributed by atoms with van der Waals surface area (Å²) in [4.78, 5) is 13.4. The van der Waals surface area contributed by atoms with Gasteiger partial charge in [0.2, 0.25) is 0 Å². The molecule has 1 amide bonds. The van der Waals surface area contributed by atoms with Crippen molar-refractivity contribution in [1.82, 2.24) is 20.4 Å². The van der Waals surface area contributed by atoms with Crippen molar-refractivity contribution in [3.05, 3.63) is 48.0 Å². The average molecular weight is 325 g/mol. The quantitative estimate of drug-likeness (QED) is 0.497. The van der Waals surface area contributed by atoms with Gasteiger partial charge in [-0.2, -0.15) is 20.1 Å². The van der Waals surface area contributed by atoms with Crippen molar-refractivity contribution < 1.29 is 15.0 Å². The van der Waals surface area contributed by atoms with Crippen molar-refractivity contribution >= 4 is 23.2 Å². The number of phenolic OH excluding ortho intramolecular Hbond substituents is 2. The predicted octanol–water partition coefficient (Wildman–Crippen LogP) is 1.55. The number of carbonyl (C=O) groups excluding carboxylic acids is 1. The van der Waals surface area contributed by atoms with E-state index in [2.05, 4.69) is 20.7 Å². The van der Waals surface area contributed by atoms with Crippen LogP contribution in [0.15, 0.2) is 47.6 Å². The smallest absolute Gasteiger partial charge is 0.266 e. The number of rotatable bonds is 4. The first-order valence-electron chi connectivity index (χ1n) is 7.21. The van der Waals surface area contributed by atoms with E-state index in [1.54, 1.807) is 6.92 Å². The second kappa shape index (κ2) is 6.37. The lowest BCUT2D eigenvalue weighted by Crippen LogP contribution is -2.28. The lowest BCUT2D eigenvalue weighted by molar-refractivity contribution is -0.124. The van der Waals surface area contributed by atoms with Gasteiger partial charge in [-0.15, -0.1) is 0 Å². The molecule has 2 aromatic carbocycles. The molecule has 0 saturated carbocycles. The maximum absolute atomic E-state index is 12.1. The molecule has 0 radical (unpaired) electrons. The molecule has 3 N–H and O–H groups in total. The van der Waals surface area contributed by atoms with Crippen molar-refractivity contribution in [3.8, 4) is 11.5 Å². The van der Waals surface area contributed by atoms with Gasteiger partial charge < -0.3 is 10.2 Å². The SMILES string of the molecule is CC(C(=O)NN=Cc1ccc(O)cc1O)n1nc2ccccc2n1. The molecule has 0 spiro atoms. The highest BCUT2D eigenvalue weighted by Crippen LogP contribution is 2.20. The summed E-state index contributed by atoms with van der Waals surface area (Å²) in [7, 11) is 0. The first-order valence-corrected chi connectivity index (χ1v) is 7.21. The third-order valence-electron chi connectivity index (χ3n) is 3.42. The molecule has 8 nitrogen and oxygen atoms in total. The fourth-order valence-corrected chi connectivity index (χ4v) is 2.05. The van der Waals surface area contributed by atoms with Crippen LogP contribution >= 0.6 is 0 Å². The molecule has 1 atom stereocenters. The van der Waals surface area contributed by atoms with Crippen LogP contribution in [0, 0.1) is 0 Å². The van der Waals surface area contributed by atoms with Crippen molar-refractivity contribution in [2.24, 2.45) is 5.10 Å². The Morgan fingerprint density at radius 1 is 1.21 bits per heavy atom. The Balaban J connectivity index is 1.68. The summed E-state index contributed by atoms with van der Waals surface area (Å²) in [5.74, 6) is -0.593. The van der Waals surface area contributed by atoms with Gasteiger partial charge in [-0.1, -0.05) is 12.1 Å². The fraction of sp³-hybridized carbons (Fsp3) is 0.125. The zero-order valence-electron chi connectivity index (χ0n) is 12.8. The van der Waals surface area contributed by atoms with Crippen molar-refractivity contribution in [2.75, 3.05) is 0 Å². The Hall–Kier alpha value is -3.42. The second-order valence-electron chi connectivity index (χ2n) is 5.16. The van der Waals surface area contributed by atoms with Gasteiger partial charge in [0.05, 0.1) is 6.21 Å². The first kappa shape index (κ1) is 15.5. The highest BCUT2D eigenvalue weighted by atomic mass is 16.3. The maximum Gasteiger partial charge on any atom is 0.266 e. The summed E-state index contributed by atoms with van der Waals surface area (Å²) < 4.78 is 0. The van der Waals surface area contributed by atoms with Gasteiger partial charge in [0, 0.05) is 11.6 Å². The Bertz CT molecular complexity index is 886. The van der Waals surface area contributed by atoms with Gasteiger partial charge in [-0.05, 0) is 31.2 Å². The minimum Gasteiger partial charge on any atom is -0.508 e. The summed E-state index contributed by atoms with van der Waals surface area (Å²) in [6.45, 7) is 1.65. The number of aromatic nitrogens is 3. The van der Waals surface area contributed by atoms with Crippen LogP contribution in [-0.2, 0) is 4.79 Å². The van der Waals surface area contributed by atoms with E-state index in [-0.39, 0.29) is 11.5 Å². The highest BCUT2D eigenvalue weighted by molar-refractivity contribution is 5.86. The Morgan fingerprint density at radius 3 is 2.50 bits per heavy atom. The van der Waals surface area contributed by atoms with Crippen LogP contribution in [0.4, 0.5) is 0 Å². The molecule has 1 aromatic heterocycles. The van der Waals surface area contributed by atoms with Crippen LogP contribution in [0.1, 0.15) is 18.5 Å². The summed E-state index contributed by atoms with van der Waals surface area (Å²) >= 11 is 0. The summed E-state index contributed by atoms with van der Waals surface area (Å²) in [6.07, 6.45) is 1.28. The minimum atomic E-state index is -0.650. The molecule has 0 saturated heterocycles. The number of benzene rings is 2. The molecule has 0 aliphatic rings. The molecule has 122 valence electrons. The van der Waals surface area contributed by atoms with Crippen LogP contribution in [0.3, 0.4) is 0 Å². The third kappa shape index (κ3) is 3.17. The molecule has 24 heavy (non-hydrogen) atoms. The number of nitrogens with zero attached hydrogens (tertiary/aromatic N) is 4. The van der Waals surface area contributed by atoms with Gasteiger partial charge in [0.1, 0.15) is 28.6 Å². The summed E-state index contributed by atoms with van der Waals surface area (Å²) in [5, 5.41) is 31.2. The van der Waals surface area contributed by atoms with Crippen molar-refractivity contribution in [3.63, 3.8) is 0 Å². The Morgan fingerprint density at radius 2 is 1.88 bits per heavy atom. The number of hydrazone groups is 1. The largest absolute Gasteiger partial charge is 0.508 e. The Kier molecular flexibility index (Phi) is 4.11. The summed E-state index contributed by atoms with van der Waals surface area (Å²) in [5.41, 5.74) is 4.14. The number of phenols is 2.